The second-order valence-electron chi connectivity index (χ2n) is 12.8. The predicted molar refractivity (Wildman–Crippen MR) is 176 cm³/mol. The van der Waals surface area contributed by atoms with Gasteiger partial charge in [-0.25, -0.2) is 9.78 Å². The fourth-order valence-corrected chi connectivity index (χ4v) is 6.21. The number of hydrogen-bond donors (Lipinski definition) is 3. The molecule has 1 heterocycles. The number of carboxylic acids is 1. The van der Waals surface area contributed by atoms with Crippen LogP contribution in [-0.4, -0.2) is 51.7 Å². The highest BCUT2D eigenvalue weighted by Gasteiger charge is 2.49. The van der Waals surface area contributed by atoms with Gasteiger partial charge in [0.15, 0.2) is 0 Å². The first kappa shape index (κ1) is 37.1. The molecular weight excluding hydrogens is 617 g/mol. The molecule has 12 heteroatoms. The molecule has 0 bridgehead atoms. The molecule has 3 N–H and O–H groups in total. The number of aromatic nitrogens is 2. The lowest BCUT2D eigenvalue weighted by molar-refractivity contribution is -0.377. The maximum atomic E-state index is 12.8. The first-order valence-electron chi connectivity index (χ1n) is 15.4. The van der Waals surface area contributed by atoms with Gasteiger partial charge in [-0.2, -0.15) is 4.98 Å². The van der Waals surface area contributed by atoms with E-state index in [4.69, 9.17) is 9.72 Å². The highest BCUT2D eigenvalue weighted by molar-refractivity contribution is 8.00. The molecule has 2 aromatic carbocycles. The minimum Gasteiger partial charge on any atom is -0.478 e. The van der Waals surface area contributed by atoms with E-state index in [0.29, 0.717) is 16.5 Å². The molecule has 1 atom stereocenters. The molecule has 1 aliphatic carbocycles. The van der Waals surface area contributed by atoms with Crippen LogP contribution in [0.3, 0.4) is 0 Å². The minimum absolute atomic E-state index is 0.0700. The Hall–Kier alpha value is -3.35. The van der Waals surface area contributed by atoms with Crippen molar-refractivity contribution in [3.8, 4) is 17.1 Å². The molecule has 1 unspecified atom stereocenters. The van der Waals surface area contributed by atoms with Crippen LogP contribution in [0.5, 0.6) is 5.88 Å². The summed E-state index contributed by atoms with van der Waals surface area (Å²) >= 11 is 1.18. The standard InChI is InChI=1S/C32H39F3N4O4S.C2H6/c1-19-9-7-10-20(2)27(19)25-14-26(38-29(37-25)39-44-24-12-8-11-21(13-24)28(40)41)42-18-23(15-30(3,4)5)36-22-16-31(6,17-22)43-32(33,34)35;1-2/h7-14,22-23,36H,15-18H2,1-6H3,(H,40,41)(H,37,38,39);1-2H3. The third kappa shape index (κ3) is 11.2. The Morgan fingerprint density at radius 1 is 1.07 bits per heavy atom. The molecule has 0 radical (unpaired) electrons. The molecule has 1 saturated carbocycles. The molecule has 252 valence electrons. The Labute approximate surface area is 274 Å². The van der Waals surface area contributed by atoms with Crippen molar-refractivity contribution >= 4 is 23.9 Å². The number of nitrogens with one attached hydrogen (secondary N) is 2. The zero-order valence-corrected chi connectivity index (χ0v) is 28.5. The smallest absolute Gasteiger partial charge is 0.478 e. The summed E-state index contributed by atoms with van der Waals surface area (Å²) in [6, 6.07) is 14.0. The summed E-state index contributed by atoms with van der Waals surface area (Å²) < 4.78 is 52.2. The number of aromatic carboxylic acids is 1. The van der Waals surface area contributed by atoms with Crippen molar-refractivity contribution in [3.05, 3.63) is 65.2 Å². The first-order chi connectivity index (χ1) is 21.5. The molecule has 1 fully saturated rings. The van der Waals surface area contributed by atoms with E-state index < -0.39 is 17.9 Å². The van der Waals surface area contributed by atoms with Crippen LogP contribution in [0, 0.1) is 19.3 Å². The van der Waals surface area contributed by atoms with E-state index in [0.717, 1.165) is 23.1 Å². The van der Waals surface area contributed by atoms with Crippen molar-refractivity contribution in [3.63, 3.8) is 0 Å². The number of alkyl halides is 3. The van der Waals surface area contributed by atoms with Crippen LogP contribution in [-0.2, 0) is 4.74 Å². The topological polar surface area (TPSA) is 106 Å². The highest BCUT2D eigenvalue weighted by Crippen LogP contribution is 2.41. The Kier molecular flexibility index (Phi) is 12.5. The van der Waals surface area contributed by atoms with E-state index in [-0.39, 0.29) is 48.5 Å². The van der Waals surface area contributed by atoms with Gasteiger partial charge in [-0.05, 0) is 86.7 Å². The highest BCUT2D eigenvalue weighted by atomic mass is 32.2. The SMILES string of the molecule is CC.Cc1cccc(C)c1-c1cc(OCC(CC(C)(C)C)NC2CC(C)(OC(F)(F)F)C2)nc(NSc2cccc(C(=O)O)c2)n1. The van der Waals surface area contributed by atoms with Crippen molar-refractivity contribution < 1.29 is 32.5 Å². The van der Waals surface area contributed by atoms with E-state index >= 15 is 0 Å². The third-order valence-corrected chi connectivity index (χ3v) is 8.04. The van der Waals surface area contributed by atoms with Gasteiger partial charge in [0.25, 0.3) is 0 Å². The van der Waals surface area contributed by atoms with Crippen molar-refractivity contribution in [1.82, 2.24) is 15.3 Å². The Balaban J connectivity index is 0.00000282. The fraction of sp³-hybridized carbons (Fsp3) is 0.500. The number of ether oxygens (including phenoxy) is 2. The molecule has 46 heavy (non-hydrogen) atoms. The van der Waals surface area contributed by atoms with E-state index in [1.54, 1.807) is 24.3 Å². The molecule has 0 aliphatic heterocycles. The van der Waals surface area contributed by atoms with E-state index in [1.165, 1.54) is 24.9 Å². The van der Waals surface area contributed by atoms with Crippen molar-refractivity contribution in [2.24, 2.45) is 5.41 Å². The summed E-state index contributed by atoms with van der Waals surface area (Å²) in [4.78, 5) is 21.4. The lowest BCUT2D eigenvalue weighted by Gasteiger charge is -2.46. The first-order valence-corrected chi connectivity index (χ1v) is 16.2. The normalized spacial score (nSPS) is 18.5. The summed E-state index contributed by atoms with van der Waals surface area (Å²) in [5, 5.41) is 12.8. The third-order valence-electron chi connectivity index (χ3n) is 7.26. The molecule has 4 rings (SSSR count). The monoisotopic (exact) mass is 662 g/mol. The van der Waals surface area contributed by atoms with Crippen molar-refractivity contribution in [1.29, 1.82) is 0 Å². The van der Waals surface area contributed by atoms with Gasteiger partial charge < -0.3 is 15.2 Å². The number of aryl methyl sites for hydroxylation is 2. The molecule has 3 aromatic rings. The predicted octanol–water partition coefficient (Wildman–Crippen LogP) is 8.83. The zero-order chi connectivity index (χ0) is 34.3. The average molecular weight is 663 g/mol. The number of benzene rings is 2. The van der Waals surface area contributed by atoms with Gasteiger partial charge in [0.05, 0.1) is 16.9 Å². The van der Waals surface area contributed by atoms with E-state index in [9.17, 15) is 23.1 Å². The van der Waals surface area contributed by atoms with Gasteiger partial charge in [0, 0.05) is 28.6 Å². The van der Waals surface area contributed by atoms with E-state index in [1.807, 2.05) is 45.9 Å². The minimum atomic E-state index is -4.67. The van der Waals surface area contributed by atoms with Gasteiger partial charge in [0.1, 0.15) is 6.61 Å². The fourth-order valence-electron chi connectivity index (χ4n) is 5.58. The number of anilines is 1. The second kappa shape index (κ2) is 15.5. The average Bonchev–Trinajstić information content (AvgIpc) is 2.93. The zero-order valence-electron chi connectivity index (χ0n) is 27.7. The quantitative estimate of drug-likeness (QED) is 0.164. The number of carbonyl (C=O) groups is 1. The maximum absolute atomic E-state index is 12.8. The van der Waals surface area contributed by atoms with Crippen LogP contribution < -0.4 is 14.8 Å². The van der Waals surface area contributed by atoms with Crippen LogP contribution in [0.25, 0.3) is 11.3 Å². The van der Waals surface area contributed by atoms with Crippen LogP contribution >= 0.6 is 11.9 Å². The Morgan fingerprint density at radius 3 is 2.28 bits per heavy atom. The molecule has 0 amide bonds. The van der Waals surface area contributed by atoms with Gasteiger partial charge in [-0.1, -0.05) is 58.9 Å². The summed E-state index contributed by atoms with van der Waals surface area (Å²) in [7, 11) is 0. The summed E-state index contributed by atoms with van der Waals surface area (Å²) in [6.07, 6.45) is -3.47. The molecule has 1 aromatic heterocycles. The van der Waals surface area contributed by atoms with Crippen molar-refractivity contribution in [2.75, 3.05) is 11.3 Å². The number of carboxylic acid groups (broad SMARTS) is 1. The maximum Gasteiger partial charge on any atom is 0.523 e. The molecular formula is C34H45F3N4O4S. The van der Waals surface area contributed by atoms with E-state index in [2.05, 4.69) is 40.5 Å². The lowest BCUT2D eigenvalue weighted by atomic mass is 9.76. The lowest BCUT2D eigenvalue weighted by Crippen LogP contribution is -2.58. The molecule has 0 spiro atoms. The number of nitrogens with zero attached hydrogens (tertiary/aromatic N) is 2. The van der Waals surface area contributed by atoms with Crippen molar-refractivity contribution in [2.45, 2.75) is 104 Å². The number of hydrogen-bond acceptors (Lipinski definition) is 8. The van der Waals surface area contributed by atoms with Crippen LogP contribution in [0.2, 0.25) is 0 Å². The van der Waals surface area contributed by atoms with Crippen LogP contribution in [0.1, 0.15) is 82.3 Å². The Bertz CT molecular complexity index is 1450. The summed E-state index contributed by atoms with van der Waals surface area (Å²) in [6.45, 7) is 16.0. The molecule has 1 aliphatic rings. The Morgan fingerprint density at radius 2 is 1.70 bits per heavy atom. The summed E-state index contributed by atoms with van der Waals surface area (Å²) in [5.74, 6) is -0.404. The van der Waals surface area contributed by atoms with Gasteiger partial charge in [0.2, 0.25) is 11.8 Å². The van der Waals surface area contributed by atoms with Gasteiger partial charge >= 0.3 is 12.3 Å². The summed E-state index contributed by atoms with van der Waals surface area (Å²) in [5.41, 5.74) is 2.53. The number of rotatable bonds is 12. The second-order valence-corrected chi connectivity index (χ2v) is 13.6. The largest absolute Gasteiger partial charge is 0.523 e. The van der Waals surface area contributed by atoms with Gasteiger partial charge in [-0.3, -0.25) is 9.46 Å². The molecule has 0 saturated heterocycles. The van der Waals surface area contributed by atoms with Crippen LogP contribution in [0.4, 0.5) is 19.1 Å². The molecule has 8 nitrogen and oxygen atoms in total. The van der Waals surface area contributed by atoms with Crippen LogP contribution in [0.15, 0.2) is 53.4 Å². The van der Waals surface area contributed by atoms with Gasteiger partial charge in [-0.15, -0.1) is 13.2 Å². The number of halogens is 3.